The summed E-state index contributed by atoms with van der Waals surface area (Å²) in [6, 6.07) is 9.88. The highest BCUT2D eigenvalue weighted by Crippen LogP contribution is 2.26. The van der Waals surface area contributed by atoms with Crippen molar-refractivity contribution in [3.05, 3.63) is 35.9 Å². The highest BCUT2D eigenvalue weighted by Gasteiger charge is 2.32. The van der Waals surface area contributed by atoms with Crippen molar-refractivity contribution in [1.82, 2.24) is 0 Å². The Hall–Kier alpha value is -1.19. The zero-order chi connectivity index (χ0) is 12.1. The molecule has 1 aliphatic rings. The molecule has 1 aliphatic carbocycles. The summed E-state index contributed by atoms with van der Waals surface area (Å²) in [4.78, 5) is 11.1. The molecule has 0 aromatic heterocycles. The lowest BCUT2D eigenvalue weighted by atomic mass is 9.85. The first-order valence-electron chi connectivity index (χ1n) is 6.04. The molecule has 0 atom stereocenters. The van der Waals surface area contributed by atoms with Gasteiger partial charge in [-0.2, -0.15) is 0 Å². The molecule has 0 heterocycles. The van der Waals surface area contributed by atoms with E-state index in [1.54, 1.807) is 0 Å². The van der Waals surface area contributed by atoms with Crippen LogP contribution in [0.15, 0.2) is 30.3 Å². The Morgan fingerprint density at radius 1 is 1.18 bits per heavy atom. The van der Waals surface area contributed by atoms with Crippen molar-refractivity contribution >= 4 is 5.78 Å². The van der Waals surface area contributed by atoms with Gasteiger partial charge in [-0.3, -0.25) is 4.79 Å². The van der Waals surface area contributed by atoms with Crippen molar-refractivity contribution in [2.45, 2.75) is 37.9 Å². The number of hydrogen-bond donors (Lipinski definition) is 1. The first-order valence-corrected chi connectivity index (χ1v) is 6.04. The number of hydrogen-bond acceptors (Lipinski definition) is 3. The van der Waals surface area contributed by atoms with Crippen molar-refractivity contribution in [2.24, 2.45) is 0 Å². The van der Waals surface area contributed by atoms with Gasteiger partial charge < -0.3 is 9.84 Å². The second-order valence-electron chi connectivity index (χ2n) is 4.74. The summed E-state index contributed by atoms with van der Waals surface area (Å²) in [5.41, 5.74) is 0.297. The van der Waals surface area contributed by atoms with Crippen LogP contribution in [-0.2, 0) is 16.1 Å². The summed E-state index contributed by atoms with van der Waals surface area (Å²) in [5, 5.41) is 10.2. The van der Waals surface area contributed by atoms with E-state index < -0.39 is 5.60 Å². The molecule has 3 heteroatoms. The Bertz CT molecular complexity index is 362. The van der Waals surface area contributed by atoms with Crippen LogP contribution in [0.3, 0.4) is 0 Å². The van der Waals surface area contributed by atoms with E-state index >= 15 is 0 Å². The van der Waals surface area contributed by atoms with Crippen molar-refractivity contribution in [2.75, 3.05) is 6.61 Å². The van der Waals surface area contributed by atoms with Gasteiger partial charge in [-0.15, -0.1) is 0 Å². The van der Waals surface area contributed by atoms with Gasteiger partial charge in [-0.1, -0.05) is 30.3 Å². The summed E-state index contributed by atoms with van der Waals surface area (Å²) >= 11 is 0. The quantitative estimate of drug-likeness (QED) is 0.867. The molecule has 92 valence electrons. The molecule has 3 nitrogen and oxygen atoms in total. The third kappa shape index (κ3) is 3.65. The first kappa shape index (κ1) is 12.3. The predicted octanol–water partition coefficient (Wildman–Crippen LogP) is 2.08. The van der Waals surface area contributed by atoms with Gasteiger partial charge in [-0.25, -0.2) is 0 Å². The van der Waals surface area contributed by atoms with Crippen LogP contribution in [-0.4, -0.2) is 23.1 Å². The van der Waals surface area contributed by atoms with Crippen LogP contribution >= 0.6 is 0 Å². The Morgan fingerprint density at radius 3 is 2.47 bits per heavy atom. The maximum atomic E-state index is 11.1. The zero-order valence-electron chi connectivity index (χ0n) is 9.89. The molecule has 1 saturated carbocycles. The molecule has 17 heavy (non-hydrogen) atoms. The average molecular weight is 234 g/mol. The van der Waals surface area contributed by atoms with Gasteiger partial charge in [0.05, 0.1) is 18.8 Å². The van der Waals surface area contributed by atoms with Crippen molar-refractivity contribution < 1.29 is 14.6 Å². The summed E-state index contributed by atoms with van der Waals surface area (Å²) in [6.45, 7) is 0.826. The molecular formula is C14H18O3. The lowest BCUT2D eigenvalue weighted by Crippen LogP contribution is -2.38. The predicted molar refractivity (Wildman–Crippen MR) is 64.5 cm³/mol. The van der Waals surface area contributed by atoms with Gasteiger partial charge in [-0.05, 0) is 18.4 Å². The molecule has 2 rings (SSSR count). The van der Waals surface area contributed by atoms with Crippen LogP contribution in [0, 0.1) is 0 Å². The largest absolute Gasteiger partial charge is 0.387 e. The van der Waals surface area contributed by atoms with Gasteiger partial charge in [0, 0.05) is 12.8 Å². The van der Waals surface area contributed by atoms with Gasteiger partial charge >= 0.3 is 0 Å². The van der Waals surface area contributed by atoms with E-state index in [1.807, 2.05) is 30.3 Å². The molecule has 0 radical (unpaired) electrons. The normalized spacial score (nSPS) is 19.2. The topological polar surface area (TPSA) is 46.5 Å². The van der Waals surface area contributed by atoms with Crippen LogP contribution in [0.25, 0.3) is 0 Å². The first-order chi connectivity index (χ1) is 8.18. The molecule has 1 fully saturated rings. The number of ketones is 1. The van der Waals surface area contributed by atoms with Crippen LogP contribution in [0.1, 0.15) is 31.2 Å². The Kier molecular flexibility index (Phi) is 3.92. The minimum absolute atomic E-state index is 0.248. The summed E-state index contributed by atoms with van der Waals surface area (Å²) in [6.07, 6.45) is 2.01. The van der Waals surface area contributed by atoms with Crippen molar-refractivity contribution in [3.63, 3.8) is 0 Å². The fraction of sp³-hybridized carbons (Fsp3) is 0.500. The average Bonchev–Trinajstić information content (AvgIpc) is 2.35. The number of Topliss-reactive ketones (excluding diaryl/α,β-unsaturated/α-hetero) is 1. The van der Waals surface area contributed by atoms with E-state index in [0.717, 1.165) is 5.56 Å². The van der Waals surface area contributed by atoms with Gasteiger partial charge in [0.2, 0.25) is 0 Å². The van der Waals surface area contributed by atoms with E-state index in [1.165, 1.54) is 0 Å². The third-order valence-corrected chi connectivity index (χ3v) is 3.22. The molecular weight excluding hydrogens is 216 g/mol. The number of rotatable bonds is 4. The maximum Gasteiger partial charge on any atom is 0.133 e. The fourth-order valence-electron chi connectivity index (χ4n) is 2.07. The number of carbonyl (C=O) groups excluding carboxylic acids is 1. The second-order valence-corrected chi connectivity index (χ2v) is 4.74. The molecule has 0 amide bonds. The van der Waals surface area contributed by atoms with Crippen molar-refractivity contribution in [3.8, 4) is 0 Å². The summed E-state index contributed by atoms with van der Waals surface area (Å²) < 4.78 is 5.54. The highest BCUT2D eigenvalue weighted by molar-refractivity contribution is 5.79. The van der Waals surface area contributed by atoms with E-state index in [9.17, 15) is 9.90 Å². The number of ether oxygens (including phenoxy) is 1. The third-order valence-electron chi connectivity index (χ3n) is 3.22. The monoisotopic (exact) mass is 234 g/mol. The zero-order valence-corrected chi connectivity index (χ0v) is 9.89. The van der Waals surface area contributed by atoms with Crippen LogP contribution in [0.2, 0.25) is 0 Å². The molecule has 0 bridgehead atoms. The van der Waals surface area contributed by atoms with Crippen LogP contribution < -0.4 is 0 Å². The fourth-order valence-corrected chi connectivity index (χ4v) is 2.07. The molecule has 1 aromatic rings. The molecule has 0 aliphatic heterocycles. The second kappa shape index (κ2) is 5.43. The van der Waals surface area contributed by atoms with Gasteiger partial charge in [0.25, 0.3) is 0 Å². The van der Waals surface area contributed by atoms with Gasteiger partial charge in [0.1, 0.15) is 5.78 Å². The lowest BCUT2D eigenvalue weighted by molar-refractivity contribution is -0.129. The Balaban J connectivity index is 1.76. The molecule has 0 unspecified atom stereocenters. The number of aliphatic hydroxyl groups is 1. The molecule has 1 aromatic carbocycles. The van der Waals surface area contributed by atoms with Crippen LogP contribution in [0.5, 0.6) is 0 Å². The Labute approximate surface area is 101 Å². The SMILES string of the molecule is O=C1CCC(O)(COCc2ccccc2)CC1. The van der Waals surface area contributed by atoms with E-state index in [0.29, 0.717) is 38.9 Å². The molecule has 0 saturated heterocycles. The minimum Gasteiger partial charge on any atom is -0.387 e. The van der Waals surface area contributed by atoms with E-state index in [2.05, 4.69) is 0 Å². The Morgan fingerprint density at radius 2 is 1.82 bits per heavy atom. The van der Waals surface area contributed by atoms with E-state index in [4.69, 9.17) is 4.74 Å². The summed E-state index contributed by atoms with van der Waals surface area (Å²) in [7, 11) is 0. The van der Waals surface area contributed by atoms with Gasteiger partial charge in [0.15, 0.2) is 0 Å². The minimum atomic E-state index is -0.803. The lowest BCUT2D eigenvalue weighted by Gasteiger charge is -2.31. The summed E-state index contributed by atoms with van der Waals surface area (Å²) in [5.74, 6) is 0.248. The molecule has 0 spiro atoms. The van der Waals surface area contributed by atoms with E-state index in [-0.39, 0.29) is 5.78 Å². The standard InChI is InChI=1S/C14H18O3/c15-13-6-8-14(16,9-7-13)11-17-10-12-4-2-1-3-5-12/h1-5,16H,6-11H2. The maximum absolute atomic E-state index is 11.1. The highest BCUT2D eigenvalue weighted by atomic mass is 16.5. The smallest absolute Gasteiger partial charge is 0.133 e. The van der Waals surface area contributed by atoms with Crippen LogP contribution in [0.4, 0.5) is 0 Å². The molecule has 1 N–H and O–H groups in total. The number of carbonyl (C=O) groups is 1. The number of benzene rings is 1. The van der Waals surface area contributed by atoms with Crippen molar-refractivity contribution in [1.29, 1.82) is 0 Å².